The van der Waals surface area contributed by atoms with Gasteiger partial charge < -0.3 is 5.32 Å². The second-order valence-electron chi connectivity index (χ2n) is 5.08. The fourth-order valence-corrected chi connectivity index (χ4v) is 2.54. The zero-order valence-corrected chi connectivity index (χ0v) is 11.3. The summed E-state index contributed by atoms with van der Waals surface area (Å²) < 4.78 is 13.0. The summed E-state index contributed by atoms with van der Waals surface area (Å²) in [6.07, 6.45) is 1.08. The van der Waals surface area contributed by atoms with E-state index in [4.69, 9.17) is 11.6 Å². The van der Waals surface area contributed by atoms with E-state index >= 15 is 0 Å². The van der Waals surface area contributed by atoms with Crippen LogP contribution in [0.25, 0.3) is 11.3 Å². The fraction of sp³-hybridized carbons (Fsp3) is 0.267. The first-order valence-corrected chi connectivity index (χ1v) is 6.64. The van der Waals surface area contributed by atoms with Gasteiger partial charge in [0.2, 0.25) is 0 Å². The first-order chi connectivity index (χ1) is 9.07. The highest BCUT2D eigenvalue weighted by molar-refractivity contribution is 6.29. The molecule has 1 aromatic heterocycles. The molecule has 19 heavy (non-hydrogen) atoms. The maximum atomic E-state index is 13.0. The second kappa shape index (κ2) is 4.58. The van der Waals surface area contributed by atoms with Crippen LogP contribution in [0.15, 0.2) is 36.4 Å². The van der Waals surface area contributed by atoms with E-state index < -0.39 is 0 Å². The normalized spacial score (nSPS) is 22.1. The highest BCUT2D eigenvalue weighted by atomic mass is 35.5. The van der Waals surface area contributed by atoms with Gasteiger partial charge in [-0.2, -0.15) is 0 Å². The van der Waals surface area contributed by atoms with Crippen LogP contribution in [-0.4, -0.2) is 11.5 Å². The van der Waals surface area contributed by atoms with E-state index in [9.17, 15) is 4.39 Å². The topological polar surface area (TPSA) is 24.9 Å². The number of hydrogen-bond acceptors (Lipinski definition) is 2. The van der Waals surface area contributed by atoms with Crippen LogP contribution in [0.4, 0.5) is 4.39 Å². The van der Waals surface area contributed by atoms with Crippen molar-refractivity contribution in [2.75, 3.05) is 6.54 Å². The van der Waals surface area contributed by atoms with Gasteiger partial charge in [0.05, 0.1) is 5.69 Å². The third kappa shape index (κ3) is 2.36. The summed E-state index contributed by atoms with van der Waals surface area (Å²) in [5.74, 6) is -0.251. The number of nitrogens with one attached hydrogen (secondary N) is 1. The lowest BCUT2D eigenvalue weighted by Crippen LogP contribution is -2.51. The van der Waals surface area contributed by atoms with Gasteiger partial charge >= 0.3 is 0 Å². The van der Waals surface area contributed by atoms with E-state index in [0.717, 1.165) is 29.8 Å². The molecule has 0 amide bonds. The molecular formula is C15H14ClFN2. The van der Waals surface area contributed by atoms with Gasteiger partial charge in [0.25, 0.3) is 0 Å². The van der Waals surface area contributed by atoms with Gasteiger partial charge in [-0.3, -0.25) is 0 Å². The molecule has 1 aromatic carbocycles. The Morgan fingerprint density at radius 1 is 1.26 bits per heavy atom. The minimum absolute atomic E-state index is 0.0264. The van der Waals surface area contributed by atoms with Crippen molar-refractivity contribution < 1.29 is 4.39 Å². The van der Waals surface area contributed by atoms with Crippen LogP contribution >= 0.6 is 11.6 Å². The van der Waals surface area contributed by atoms with Crippen molar-refractivity contribution in [1.82, 2.24) is 10.3 Å². The highest BCUT2D eigenvalue weighted by Gasteiger charge is 2.33. The molecule has 3 rings (SSSR count). The van der Waals surface area contributed by atoms with Gasteiger partial charge in [-0.15, -0.1) is 0 Å². The Balaban J connectivity index is 2.04. The molecule has 1 saturated heterocycles. The Morgan fingerprint density at radius 3 is 2.53 bits per heavy atom. The maximum Gasteiger partial charge on any atom is 0.130 e. The standard InChI is InChI=1S/C15H14ClFN2/c1-15(6-7-18-15)11-8-13(19-14(16)9-11)10-2-4-12(17)5-3-10/h2-5,8-9,18H,6-7H2,1H3/t15-/m1/s1. The summed E-state index contributed by atoms with van der Waals surface area (Å²) in [5, 5.41) is 3.87. The highest BCUT2D eigenvalue weighted by Crippen LogP contribution is 2.33. The van der Waals surface area contributed by atoms with Crippen LogP contribution in [0.1, 0.15) is 18.9 Å². The smallest absolute Gasteiger partial charge is 0.130 e. The van der Waals surface area contributed by atoms with Crippen LogP contribution in [0.2, 0.25) is 5.15 Å². The molecule has 0 spiro atoms. The Kier molecular flexibility index (Phi) is 3.03. The number of benzene rings is 1. The van der Waals surface area contributed by atoms with Gasteiger partial charge in [-0.1, -0.05) is 11.6 Å². The molecular weight excluding hydrogens is 263 g/mol. The van der Waals surface area contributed by atoms with Gasteiger partial charge in [0.1, 0.15) is 11.0 Å². The summed E-state index contributed by atoms with van der Waals surface area (Å²) in [5.41, 5.74) is 2.74. The second-order valence-corrected chi connectivity index (χ2v) is 5.47. The maximum absolute atomic E-state index is 13.0. The van der Waals surface area contributed by atoms with Crippen LogP contribution in [0.3, 0.4) is 0 Å². The van der Waals surface area contributed by atoms with Crippen molar-refractivity contribution in [2.45, 2.75) is 18.9 Å². The molecule has 0 bridgehead atoms. The number of nitrogens with zero attached hydrogens (tertiary/aromatic N) is 1. The number of aromatic nitrogens is 1. The summed E-state index contributed by atoms with van der Waals surface area (Å²) in [4.78, 5) is 4.32. The molecule has 0 radical (unpaired) electrons. The average molecular weight is 277 g/mol. The number of halogens is 2. The lowest BCUT2D eigenvalue weighted by molar-refractivity contribution is 0.237. The molecule has 1 fully saturated rings. The van der Waals surface area contributed by atoms with E-state index in [1.165, 1.54) is 12.1 Å². The zero-order chi connectivity index (χ0) is 13.5. The van der Waals surface area contributed by atoms with Crippen molar-refractivity contribution in [1.29, 1.82) is 0 Å². The number of rotatable bonds is 2. The monoisotopic (exact) mass is 276 g/mol. The van der Waals surface area contributed by atoms with Crippen LogP contribution in [-0.2, 0) is 5.54 Å². The molecule has 1 aliphatic heterocycles. The Hall–Kier alpha value is -1.45. The van der Waals surface area contributed by atoms with Crippen LogP contribution in [0.5, 0.6) is 0 Å². The Labute approximate surface area is 116 Å². The predicted molar refractivity (Wildman–Crippen MR) is 74.6 cm³/mol. The molecule has 4 heteroatoms. The third-order valence-corrected chi connectivity index (χ3v) is 3.90. The van der Waals surface area contributed by atoms with Crippen molar-refractivity contribution in [3.63, 3.8) is 0 Å². The molecule has 1 N–H and O–H groups in total. The van der Waals surface area contributed by atoms with Crippen molar-refractivity contribution in [3.05, 3.63) is 52.9 Å². The molecule has 0 aliphatic carbocycles. The fourth-order valence-electron chi connectivity index (χ4n) is 2.33. The van der Waals surface area contributed by atoms with E-state index in [0.29, 0.717) is 5.15 Å². The summed E-state index contributed by atoms with van der Waals surface area (Å²) in [7, 11) is 0. The Bertz CT molecular complexity index is 606. The molecule has 98 valence electrons. The van der Waals surface area contributed by atoms with Gasteiger partial charge in [0.15, 0.2) is 0 Å². The zero-order valence-electron chi connectivity index (χ0n) is 10.6. The third-order valence-electron chi connectivity index (χ3n) is 3.71. The minimum Gasteiger partial charge on any atom is -0.307 e. The number of hydrogen-bond donors (Lipinski definition) is 1. The van der Waals surface area contributed by atoms with Crippen molar-refractivity contribution in [3.8, 4) is 11.3 Å². The predicted octanol–water partition coefficient (Wildman–Crippen LogP) is 3.75. The lowest BCUT2D eigenvalue weighted by Gasteiger charge is -2.40. The molecule has 2 aromatic rings. The van der Waals surface area contributed by atoms with E-state index in [-0.39, 0.29) is 11.4 Å². The van der Waals surface area contributed by atoms with E-state index in [2.05, 4.69) is 17.2 Å². The molecule has 0 unspecified atom stereocenters. The average Bonchev–Trinajstić information content (AvgIpc) is 2.36. The number of pyridine rings is 1. The van der Waals surface area contributed by atoms with Crippen LogP contribution < -0.4 is 5.32 Å². The van der Waals surface area contributed by atoms with E-state index in [1.807, 2.05) is 12.1 Å². The lowest BCUT2D eigenvalue weighted by atomic mass is 9.83. The first-order valence-electron chi connectivity index (χ1n) is 6.26. The Morgan fingerprint density at radius 2 is 1.95 bits per heavy atom. The molecule has 2 heterocycles. The SMILES string of the molecule is C[C@]1(c2cc(Cl)nc(-c3ccc(F)cc3)c2)CCN1. The van der Waals surface area contributed by atoms with Crippen LogP contribution in [0, 0.1) is 5.82 Å². The van der Waals surface area contributed by atoms with Gasteiger partial charge in [-0.25, -0.2) is 9.37 Å². The van der Waals surface area contributed by atoms with Gasteiger partial charge in [-0.05, 0) is 61.9 Å². The summed E-state index contributed by atoms with van der Waals surface area (Å²) >= 11 is 6.11. The molecule has 0 saturated carbocycles. The summed E-state index contributed by atoms with van der Waals surface area (Å²) in [6.45, 7) is 3.17. The van der Waals surface area contributed by atoms with E-state index in [1.54, 1.807) is 12.1 Å². The van der Waals surface area contributed by atoms with Crippen molar-refractivity contribution in [2.24, 2.45) is 0 Å². The molecule has 1 aliphatic rings. The van der Waals surface area contributed by atoms with Gasteiger partial charge in [0, 0.05) is 11.1 Å². The minimum atomic E-state index is -0.251. The largest absolute Gasteiger partial charge is 0.307 e. The molecule has 2 nitrogen and oxygen atoms in total. The molecule has 1 atom stereocenters. The van der Waals surface area contributed by atoms with Crippen molar-refractivity contribution >= 4 is 11.6 Å². The quantitative estimate of drug-likeness (QED) is 0.845. The first kappa shape index (κ1) is 12.6. The summed E-state index contributed by atoms with van der Waals surface area (Å²) in [6, 6.07) is 10.2.